The van der Waals surface area contributed by atoms with Crippen molar-refractivity contribution < 1.29 is 19.0 Å². The fourth-order valence-corrected chi connectivity index (χ4v) is 9.40. The van der Waals surface area contributed by atoms with Gasteiger partial charge in [0, 0.05) is 0 Å². The summed E-state index contributed by atoms with van der Waals surface area (Å²) in [7, 11) is 0. The van der Waals surface area contributed by atoms with E-state index in [9.17, 15) is 10.1 Å². The Kier molecular flexibility index (Phi) is 8.45. The Balaban J connectivity index is 1.65. The van der Waals surface area contributed by atoms with Gasteiger partial charge in [-0.15, -0.1) is 0 Å². The van der Waals surface area contributed by atoms with Crippen molar-refractivity contribution >= 4 is 33.9 Å². The molecule has 40 heavy (non-hydrogen) atoms. The second-order valence-corrected chi connectivity index (χ2v) is 13.4. The molecular formula is C34H32NO4P. The van der Waals surface area contributed by atoms with Gasteiger partial charge in [0.25, 0.3) is 0 Å². The van der Waals surface area contributed by atoms with E-state index in [1.54, 1.807) is 13.8 Å². The van der Waals surface area contributed by atoms with E-state index in [1.165, 1.54) is 0 Å². The summed E-state index contributed by atoms with van der Waals surface area (Å²) in [6.07, 6.45) is -1.66. The molecule has 1 aliphatic heterocycles. The molecule has 1 fully saturated rings. The van der Waals surface area contributed by atoms with E-state index >= 15 is 0 Å². The van der Waals surface area contributed by atoms with Crippen LogP contribution in [0.15, 0.2) is 121 Å². The normalized spacial score (nSPS) is 18.1. The number of nitriles is 1. The van der Waals surface area contributed by atoms with Gasteiger partial charge in [0.15, 0.2) is 11.9 Å². The Bertz CT molecular complexity index is 1430. The maximum atomic E-state index is 14.6. The molecule has 6 heteroatoms. The minimum absolute atomic E-state index is 0.154. The number of hydrogen-bond acceptors (Lipinski definition) is 5. The SMILES string of the molecule is CC1(C)OC(COCc2ccccc2)C(C(=O)C(C#N)=P(c2ccccc2)(c2ccccc2)c2ccccc2)O1. The molecule has 0 aromatic heterocycles. The highest BCUT2D eigenvalue weighted by Crippen LogP contribution is 2.47. The molecule has 0 N–H and O–H groups in total. The van der Waals surface area contributed by atoms with E-state index in [0.29, 0.717) is 6.61 Å². The molecule has 0 spiro atoms. The van der Waals surface area contributed by atoms with Crippen LogP contribution in [-0.2, 0) is 25.6 Å². The van der Waals surface area contributed by atoms with E-state index < -0.39 is 24.9 Å². The minimum Gasteiger partial charge on any atom is -0.374 e. The van der Waals surface area contributed by atoms with Crippen molar-refractivity contribution in [1.29, 1.82) is 5.26 Å². The molecule has 0 aliphatic carbocycles. The largest absolute Gasteiger partial charge is 0.374 e. The summed E-state index contributed by atoms with van der Waals surface area (Å²) in [5.41, 5.74) is 1.02. The minimum atomic E-state index is -2.88. The first-order valence-electron chi connectivity index (χ1n) is 13.3. The van der Waals surface area contributed by atoms with E-state index in [0.717, 1.165) is 21.5 Å². The molecular weight excluding hydrogens is 517 g/mol. The molecule has 5 nitrogen and oxygen atoms in total. The number of nitrogens with zero attached hydrogens (tertiary/aromatic N) is 1. The fourth-order valence-electron chi connectivity index (χ4n) is 5.27. The highest BCUT2D eigenvalue weighted by molar-refractivity contribution is 7.97. The van der Waals surface area contributed by atoms with E-state index in [4.69, 9.17) is 14.2 Å². The van der Waals surface area contributed by atoms with Gasteiger partial charge in [0.2, 0.25) is 5.78 Å². The first-order valence-corrected chi connectivity index (χ1v) is 15.1. The Hall–Kier alpha value is -3.78. The van der Waals surface area contributed by atoms with Crippen molar-refractivity contribution in [3.8, 4) is 6.07 Å². The average molecular weight is 550 g/mol. The third-order valence-corrected chi connectivity index (χ3v) is 11.2. The van der Waals surface area contributed by atoms with Crippen LogP contribution < -0.4 is 15.9 Å². The van der Waals surface area contributed by atoms with E-state index in [2.05, 4.69) is 6.07 Å². The van der Waals surface area contributed by atoms with Crippen LogP contribution in [0.2, 0.25) is 0 Å². The smallest absolute Gasteiger partial charge is 0.205 e. The van der Waals surface area contributed by atoms with Crippen LogP contribution in [0.4, 0.5) is 0 Å². The summed E-state index contributed by atoms with van der Waals surface area (Å²) in [6, 6.07) is 41.8. The Morgan fingerprint density at radius 3 is 1.68 bits per heavy atom. The maximum Gasteiger partial charge on any atom is 0.205 e. The average Bonchev–Trinajstić information content (AvgIpc) is 3.31. The number of hydrogen-bond donors (Lipinski definition) is 0. The van der Waals surface area contributed by atoms with Crippen molar-refractivity contribution in [3.63, 3.8) is 0 Å². The van der Waals surface area contributed by atoms with Crippen molar-refractivity contribution in [2.45, 2.75) is 38.4 Å². The zero-order valence-electron chi connectivity index (χ0n) is 22.6. The molecule has 0 bridgehead atoms. The molecule has 2 unspecified atom stereocenters. The van der Waals surface area contributed by atoms with Crippen LogP contribution in [0.1, 0.15) is 19.4 Å². The molecule has 1 saturated heterocycles. The standard InChI is InChI=1S/C34H32NO4P/c1-34(2)38-30(25-37-24-26-15-7-3-8-16-26)33(39-34)32(36)31(23-35)40(27-17-9-4-10-18-27,28-19-11-5-12-20-28)29-21-13-6-14-22-29/h3-22,30,33H,24-25H2,1-2H3. The summed E-state index contributed by atoms with van der Waals surface area (Å²) >= 11 is 0. The number of benzene rings is 4. The van der Waals surface area contributed by atoms with E-state index in [-0.39, 0.29) is 17.7 Å². The van der Waals surface area contributed by atoms with Gasteiger partial charge in [-0.25, -0.2) is 0 Å². The van der Waals surface area contributed by atoms with Gasteiger partial charge < -0.3 is 14.2 Å². The van der Waals surface area contributed by atoms with Gasteiger partial charge >= 0.3 is 0 Å². The topological polar surface area (TPSA) is 68.5 Å². The highest BCUT2D eigenvalue weighted by Gasteiger charge is 2.48. The van der Waals surface area contributed by atoms with Gasteiger partial charge in [-0.05, 0) is 42.2 Å². The summed E-state index contributed by atoms with van der Waals surface area (Å²) in [4.78, 5) is 14.6. The van der Waals surface area contributed by atoms with Crippen molar-refractivity contribution in [1.82, 2.24) is 0 Å². The molecule has 0 amide bonds. The van der Waals surface area contributed by atoms with Gasteiger partial charge in [0.1, 0.15) is 17.5 Å². The number of ketones is 1. The Morgan fingerprint density at radius 2 is 1.23 bits per heavy atom. The van der Waals surface area contributed by atoms with Crippen molar-refractivity contribution in [2.75, 3.05) is 6.61 Å². The molecule has 0 radical (unpaired) electrons. The van der Waals surface area contributed by atoms with Crippen LogP contribution in [0.3, 0.4) is 0 Å². The number of Topliss-reactive ketones (excluding diaryl/α,β-unsaturated/α-hetero) is 1. The molecule has 2 atom stereocenters. The molecule has 202 valence electrons. The zero-order valence-corrected chi connectivity index (χ0v) is 23.5. The number of rotatable bonds is 9. The monoisotopic (exact) mass is 549 g/mol. The number of ether oxygens (including phenoxy) is 3. The summed E-state index contributed by atoms with van der Waals surface area (Å²) in [5, 5.41) is 13.8. The first kappa shape index (κ1) is 27.8. The third-order valence-electron chi connectivity index (χ3n) is 6.94. The molecule has 0 saturated carbocycles. The third kappa shape index (κ3) is 5.59. The van der Waals surface area contributed by atoms with Gasteiger partial charge in [-0.2, -0.15) is 5.26 Å². The lowest BCUT2D eigenvalue weighted by Crippen LogP contribution is -2.42. The van der Waals surface area contributed by atoms with Crippen LogP contribution >= 0.6 is 6.89 Å². The van der Waals surface area contributed by atoms with Gasteiger partial charge in [0.05, 0.1) is 13.2 Å². The van der Waals surface area contributed by atoms with Crippen LogP contribution in [0, 0.1) is 11.3 Å². The Morgan fingerprint density at radius 1 is 0.775 bits per heavy atom. The van der Waals surface area contributed by atoms with Crippen LogP contribution in [0.25, 0.3) is 0 Å². The molecule has 1 heterocycles. The van der Waals surface area contributed by atoms with E-state index in [1.807, 2.05) is 121 Å². The molecule has 4 aromatic carbocycles. The highest BCUT2D eigenvalue weighted by atomic mass is 31.2. The lowest BCUT2D eigenvalue weighted by molar-refractivity contribution is -0.155. The second-order valence-electron chi connectivity index (χ2n) is 10.1. The maximum absolute atomic E-state index is 14.6. The van der Waals surface area contributed by atoms with Crippen molar-refractivity contribution in [3.05, 3.63) is 127 Å². The van der Waals surface area contributed by atoms with Gasteiger partial charge in [-0.3, -0.25) is 4.79 Å². The lowest BCUT2D eigenvalue weighted by atomic mass is 10.1. The molecule has 4 aromatic rings. The lowest BCUT2D eigenvalue weighted by Gasteiger charge is -2.31. The molecule has 1 aliphatic rings. The second kappa shape index (κ2) is 12.2. The zero-order chi connectivity index (χ0) is 28.0. The van der Waals surface area contributed by atoms with Gasteiger partial charge in [-0.1, -0.05) is 121 Å². The Labute approximate surface area is 235 Å². The van der Waals surface area contributed by atoms with Crippen molar-refractivity contribution in [2.24, 2.45) is 0 Å². The molecule has 5 rings (SSSR count). The summed E-state index contributed by atoms with van der Waals surface area (Å²) in [5.74, 6) is -1.37. The quantitative estimate of drug-likeness (QED) is 0.276. The predicted octanol–water partition coefficient (Wildman–Crippen LogP) is 4.98. The summed E-state index contributed by atoms with van der Waals surface area (Å²) < 4.78 is 18.4. The fraction of sp³-hybridized carbons (Fsp3) is 0.206. The predicted molar refractivity (Wildman–Crippen MR) is 161 cm³/mol. The number of carbonyl (C=O) groups excluding carboxylic acids is 1. The van der Waals surface area contributed by atoms with Crippen LogP contribution in [-0.4, -0.2) is 35.7 Å². The summed E-state index contributed by atoms with van der Waals surface area (Å²) in [6.45, 7) is 1.21. The number of carbonyl (C=O) groups is 1. The van der Waals surface area contributed by atoms with Crippen LogP contribution in [0.5, 0.6) is 0 Å². The first-order chi connectivity index (χ1) is 19.5.